The number of anilines is 1. The number of nitrogens with zero attached hydrogens (tertiary/aromatic N) is 3. The first-order valence-electron chi connectivity index (χ1n) is 13.2. The number of nitrogens with two attached hydrogens (primary N) is 2. The van der Waals surface area contributed by atoms with E-state index in [-0.39, 0.29) is 10.8 Å². The Morgan fingerprint density at radius 3 is 2.11 bits per heavy atom. The van der Waals surface area contributed by atoms with Gasteiger partial charge in [0.15, 0.2) is 0 Å². The average Bonchev–Trinajstić information content (AvgIpc) is 3.02. The van der Waals surface area contributed by atoms with Gasteiger partial charge in [0.1, 0.15) is 0 Å². The minimum atomic E-state index is -0.238. The lowest BCUT2D eigenvalue weighted by molar-refractivity contribution is 0.633. The average molecular weight is 512 g/mol. The molecular formula is C33H45N5. The van der Waals surface area contributed by atoms with E-state index in [2.05, 4.69) is 119 Å². The SMILES string of the molecule is C=C(C=C(C)C=C1N(C)c2ccc(CN=C(C)N)cc2C1(C)C)C(C)(C)c1cc(CN=C(C)N)ccc1C. The molecule has 2 aromatic carbocycles. The number of benzene rings is 2. The molecule has 3 rings (SSSR count). The first-order chi connectivity index (χ1) is 17.6. The van der Waals surface area contributed by atoms with Crippen LogP contribution in [0.3, 0.4) is 0 Å². The summed E-state index contributed by atoms with van der Waals surface area (Å²) in [6, 6.07) is 13.1. The van der Waals surface area contributed by atoms with E-state index in [1.165, 1.54) is 39.2 Å². The highest BCUT2D eigenvalue weighted by atomic mass is 15.2. The fourth-order valence-corrected chi connectivity index (χ4v) is 5.20. The van der Waals surface area contributed by atoms with Gasteiger partial charge >= 0.3 is 0 Å². The molecule has 1 aliphatic rings. The van der Waals surface area contributed by atoms with Crippen LogP contribution in [0.25, 0.3) is 0 Å². The zero-order chi connectivity index (χ0) is 28.4. The molecule has 1 heterocycles. The van der Waals surface area contributed by atoms with E-state index in [1.807, 2.05) is 13.8 Å². The number of allylic oxidation sites excluding steroid dienone is 5. The van der Waals surface area contributed by atoms with E-state index in [0.29, 0.717) is 24.8 Å². The summed E-state index contributed by atoms with van der Waals surface area (Å²) in [5.74, 6) is 1.20. The first-order valence-corrected chi connectivity index (χ1v) is 13.2. The summed E-state index contributed by atoms with van der Waals surface area (Å²) >= 11 is 0. The smallest absolute Gasteiger partial charge is 0.0909 e. The Bertz CT molecular complexity index is 1340. The summed E-state index contributed by atoms with van der Waals surface area (Å²) in [6.45, 7) is 22.7. The normalized spacial score (nSPS) is 17.2. The molecule has 4 N–H and O–H groups in total. The molecule has 5 nitrogen and oxygen atoms in total. The topological polar surface area (TPSA) is 80.0 Å². The molecule has 0 spiro atoms. The third kappa shape index (κ3) is 6.09. The molecule has 202 valence electrons. The fourth-order valence-electron chi connectivity index (χ4n) is 5.20. The summed E-state index contributed by atoms with van der Waals surface area (Å²) in [5, 5.41) is 0. The van der Waals surface area contributed by atoms with Crippen LogP contribution in [0.1, 0.15) is 76.3 Å². The Kier molecular flexibility index (Phi) is 8.40. The largest absolute Gasteiger partial charge is 0.388 e. The zero-order valence-electron chi connectivity index (χ0n) is 24.7. The fraction of sp³-hybridized carbons (Fsp3) is 0.394. The van der Waals surface area contributed by atoms with E-state index in [9.17, 15) is 0 Å². The molecule has 0 fully saturated rings. The number of rotatable bonds is 8. The number of likely N-dealkylation sites (N-methyl/N-ethyl adjacent to an activating group) is 1. The molecule has 0 aliphatic carbocycles. The Labute approximate surface area is 229 Å². The van der Waals surface area contributed by atoms with Crippen LogP contribution in [-0.4, -0.2) is 18.7 Å². The molecule has 0 aromatic heterocycles. The van der Waals surface area contributed by atoms with Gasteiger partial charge in [-0.2, -0.15) is 0 Å². The van der Waals surface area contributed by atoms with Gasteiger partial charge in [0, 0.05) is 29.3 Å². The van der Waals surface area contributed by atoms with Crippen LogP contribution in [0.2, 0.25) is 0 Å². The number of aryl methyl sites for hydroxylation is 1. The van der Waals surface area contributed by atoms with Crippen LogP contribution in [0, 0.1) is 6.92 Å². The van der Waals surface area contributed by atoms with Crippen LogP contribution in [0.5, 0.6) is 0 Å². The molecule has 5 heteroatoms. The van der Waals surface area contributed by atoms with Crippen molar-refractivity contribution in [1.82, 2.24) is 0 Å². The Morgan fingerprint density at radius 1 is 0.974 bits per heavy atom. The number of amidine groups is 2. The van der Waals surface area contributed by atoms with Crippen molar-refractivity contribution in [2.75, 3.05) is 11.9 Å². The highest BCUT2D eigenvalue weighted by molar-refractivity contribution is 5.78. The maximum absolute atomic E-state index is 5.76. The Hall–Kier alpha value is -3.60. The van der Waals surface area contributed by atoms with E-state index in [0.717, 1.165) is 11.1 Å². The molecule has 38 heavy (non-hydrogen) atoms. The second-order valence-corrected chi connectivity index (χ2v) is 11.7. The molecule has 2 aromatic rings. The third-order valence-electron chi connectivity index (χ3n) is 7.66. The van der Waals surface area contributed by atoms with Gasteiger partial charge in [-0.3, -0.25) is 9.98 Å². The van der Waals surface area contributed by atoms with Crippen molar-refractivity contribution in [3.8, 4) is 0 Å². The molecule has 0 radical (unpaired) electrons. The quantitative estimate of drug-likeness (QED) is 0.231. The molecule has 0 amide bonds. The second-order valence-electron chi connectivity index (χ2n) is 11.7. The molecule has 0 atom stereocenters. The Balaban J connectivity index is 1.92. The lowest BCUT2D eigenvalue weighted by Gasteiger charge is -2.29. The van der Waals surface area contributed by atoms with E-state index in [1.54, 1.807) is 0 Å². The van der Waals surface area contributed by atoms with Crippen molar-refractivity contribution < 1.29 is 0 Å². The van der Waals surface area contributed by atoms with Gasteiger partial charge in [-0.25, -0.2) is 0 Å². The Morgan fingerprint density at radius 2 is 1.53 bits per heavy atom. The second kappa shape index (κ2) is 11.0. The van der Waals surface area contributed by atoms with E-state index >= 15 is 0 Å². The molecular weight excluding hydrogens is 466 g/mol. The van der Waals surface area contributed by atoms with Crippen molar-refractivity contribution in [2.24, 2.45) is 21.5 Å². The summed E-state index contributed by atoms with van der Waals surface area (Å²) in [7, 11) is 2.15. The summed E-state index contributed by atoms with van der Waals surface area (Å²) in [4.78, 5) is 11.1. The number of hydrogen-bond acceptors (Lipinski definition) is 3. The summed E-state index contributed by atoms with van der Waals surface area (Å²) in [5.41, 5.74) is 22.0. The molecule has 0 bridgehead atoms. The van der Waals surface area contributed by atoms with Crippen LogP contribution < -0.4 is 16.4 Å². The number of hydrogen-bond donors (Lipinski definition) is 2. The van der Waals surface area contributed by atoms with Crippen molar-refractivity contribution in [2.45, 2.75) is 79.3 Å². The number of fused-ring (bicyclic) bond motifs is 1. The predicted molar refractivity (Wildman–Crippen MR) is 165 cm³/mol. The third-order valence-corrected chi connectivity index (χ3v) is 7.66. The maximum atomic E-state index is 5.76. The highest BCUT2D eigenvalue weighted by Gasteiger charge is 2.38. The van der Waals surface area contributed by atoms with Crippen LogP contribution in [0.4, 0.5) is 5.69 Å². The lowest BCUT2D eigenvalue weighted by atomic mass is 9.75. The van der Waals surface area contributed by atoms with Crippen LogP contribution in [-0.2, 0) is 23.9 Å². The molecule has 0 unspecified atom stereocenters. The molecule has 1 aliphatic heterocycles. The monoisotopic (exact) mass is 511 g/mol. The van der Waals surface area contributed by atoms with Crippen molar-refractivity contribution >= 4 is 17.4 Å². The van der Waals surface area contributed by atoms with Gasteiger partial charge in [0.25, 0.3) is 0 Å². The van der Waals surface area contributed by atoms with Gasteiger partial charge < -0.3 is 16.4 Å². The maximum Gasteiger partial charge on any atom is 0.0909 e. The van der Waals surface area contributed by atoms with Crippen LogP contribution in [0.15, 0.2) is 82.0 Å². The number of aliphatic imine (C=N–C) groups is 2. The van der Waals surface area contributed by atoms with Crippen molar-refractivity contribution in [1.29, 1.82) is 0 Å². The van der Waals surface area contributed by atoms with Gasteiger partial charge in [0.05, 0.1) is 24.8 Å². The van der Waals surface area contributed by atoms with E-state index < -0.39 is 0 Å². The molecule has 0 saturated carbocycles. The van der Waals surface area contributed by atoms with Gasteiger partial charge in [-0.05, 0) is 78.8 Å². The minimum absolute atomic E-state index is 0.139. The zero-order valence-corrected chi connectivity index (χ0v) is 24.7. The highest BCUT2D eigenvalue weighted by Crippen LogP contribution is 2.47. The molecule has 0 saturated heterocycles. The van der Waals surface area contributed by atoms with Gasteiger partial charge in [0.2, 0.25) is 0 Å². The standard InChI is InChI=1S/C33H45N5/c1-21(15-23(3)32(6,7)28-17-26(12-11-22(28)2)19-36-24(4)34)16-31-33(8,9)29-18-27(20-37-25(5)35)13-14-30(29)38(31)10/h11-18H,3,19-20H2,1-2,4-10H3,(H2,34,36)(H2,35,37). The predicted octanol–water partition coefficient (Wildman–Crippen LogP) is 6.84. The van der Waals surface area contributed by atoms with Gasteiger partial charge in [-0.1, -0.05) is 70.7 Å². The lowest BCUT2D eigenvalue weighted by Crippen LogP contribution is -2.23. The van der Waals surface area contributed by atoms with Gasteiger partial charge in [-0.15, -0.1) is 0 Å². The first kappa shape index (κ1) is 29.0. The van der Waals surface area contributed by atoms with Crippen molar-refractivity contribution in [3.05, 3.63) is 99.8 Å². The van der Waals surface area contributed by atoms with Crippen molar-refractivity contribution in [3.63, 3.8) is 0 Å². The van der Waals surface area contributed by atoms with Crippen LogP contribution >= 0.6 is 0 Å². The minimum Gasteiger partial charge on any atom is -0.388 e. The summed E-state index contributed by atoms with van der Waals surface area (Å²) in [6.07, 6.45) is 4.52. The van der Waals surface area contributed by atoms with E-state index in [4.69, 9.17) is 11.5 Å². The summed E-state index contributed by atoms with van der Waals surface area (Å²) < 4.78 is 0.